The lowest BCUT2D eigenvalue weighted by atomic mass is 10.0. The van der Waals surface area contributed by atoms with Crippen molar-refractivity contribution < 1.29 is 19.1 Å². The summed E-state index contributed by atoms with van der Waals surface area (Å²) in [6.07, 6.45) is 0. The maximum Gasteiger partial charge on any atom is 0.318 e. The van der Waals surface area contributed by atoms with E-state index in [4.69, 9.17) is 9.47 Å². The first-order chi connectivity index (χ1) is 29.5. The molecule has 8 aromatic carbocycles. The van der Waals surface area contributed by atoms with Crippen LogP contribution in [0.5, 0.6) is 11.5 Å². The van der Waals surface area contributed by atoms with Gasteiger partial charge in [-0.05, 0) is 85.3 Å². The lowest BCUT2D eigenvalue weighted by molar-refractivity contribution is -0.136. The molecule has 0 radical (unpaired) electrons. The highest BCUT2D eigenvalue weighted by Crippen LogP contribution is 2.45. The second kappa shape index (κ2) is 19.1. The van der Waals surface area contributed by atoms with Gasteiger partial charge >= 0.3 is 11.9 Å². The smallest absolute Gasteiger partial charge is 0.318 e. The van der Waals surface area contributed by atoms with Crippen LogP contribution in [0.1, 0.15) is 36.8 Å². The van der Waals surface area contributed by atoms with Crippen LogP contribution in [-0.4, -0.2) is 11.9 Å². The maximum absolute atomic E-state index is 14.2. The highest BCUT2D eigenvalue weighted by molar-refractivity contribution is 7.81. The Balaban J connectivity index is 1.40. The van der Waals surface area contributed by atoms with Gasteiger partial charge < -0.3 is 9.47 Å². The molecule has 4 nitrogen and oxygen atoms in total. The van der Waals surface area contributed by atoms with Crippen LogP contribution >= 0.6 is 15.8 Å². The average molecular weight is 819 g/mol. The monoisotopic (exact) mass is 818 g/mol. The molecule has 0 aromatic heterocycles. The zero-order valence-electron chi connectivity index (χ0n) is 33.5. The first-order valence-electron chi connectivity index (χ1n) is 20.1. The van der Waals surface area contributed by atoms with E-state index in [1.54, 1.807) is 0 Å². The lowest BCUT2D eigenvalue weighted by Crippen LogP contribution is -2.29. The second-order valence-electron chi connectivity index (χ2n) is 14.4. The van der Waals surface area contributed by atoms with Gasteiger partial charge in [-0.1, -0.05) is 206 Å². The largest absolute Gasteiger partial charge is 0.425 e. The molecule has 294 valence electrons. The third kappa shape index (κ3) is 8.92. The van der Waals surface area contributed by atoms with Gasteiger partial charge in [-0.2, -0.15) is 0 Å². The number of carbonyl (C=O) groups is 2. The van der Waals surface area contributed by atoms with Crippen LogP contribution < -0.4 is 41.3 Å². The lowest BCUT2D eigenvalue weighted by Gasteiger charge is -2.29. The fourth-order valence-corrected chi connectivity index (χ4v) is 12.4. The van der Waals surface area contributed by atoms with Gasteiger partial charge in [0.1, 0.15) is 11.5 Å². The Morgan fingerprint density at radius 2 is 0.617 bits per heavy atom. The highest BCUT2D eigenvalue weighted by atomic mass is 31.1. The van der Waals surface area contributed by atoms with Gasteiger partial charge in [0.05, 0.1) is 11.8 Å². The molecule has 8 aromatic rings. The number of hydrogen-bond acceptors (Lipinski definition) is 4. The Morgan fingerprint density at radius 3 is 0.900 bits per heavy atom. The minimum absolute atomic E-state index is 0.343. The molecule has 0 saturated heterocycles. The minimum Gasteiger partial charge on any atom is -0.425 e. The quantitative estimate of drug-likeness (QED) is 0.0661. The highest BCUT2D eigenvalue weighted by Gasteiger charge is 2.32. The summed E-state index contributed by atoms with van der Waals surface area (Å²) in [6.45, 7) is 3.77. The third-order valence-corrected chi connectivity index (χ3v) is 15.6. The van der Waals surface area contributed by atoms with Gasteiger partial charge in [0.25, 0.3) is 0 Å². The minimum atomic E-state index is -1.30. The molecule has 0 amide bonds. The fourth-order valence-electron chi connectivity index (χ4n) is 7.38. The Bertz CT molecular complexity index is 2390. The molecule has 0 spiro atoms. The zero-order chi connectivity index (χ0) is 41.3. The standard InChI is InChI=1S/C54H44O4P2/c1-39(41-23-9-3-10-24-41)53(55)57-49-37-21-35-47(51(49)59(43-27-13-5-14-28-43)44-29-15-6-16-30-44)48-36-22-38-50(58-54(56)40(2)42-25-11-4-12-26-42)52(48)60(45-31-17-7-18-32-45)46-33-19-8-20-34-46/h3-40H,1-2H3/t39-,40-/m0/s1. The predicted octanol–water partition coefficient (Wildman–Crippen LogP) is 10.3. The molecule has 8 rings (SSSR count). The van der Waals surface area contributed by atoms with E-state index in [9.17, 15) is 9.59 Å². The van der Waals surface area contributed by atoms with Crippen molar-refractivity contribution in [1.29, 1.82) is 0 Å². The van der Waals surface area contributed by atoms with Gasteiger partial charge in [0.15, 0.2) is 0 Å². The summed E-state index contributed by atoms with van der Waals surface area (Å²) in [5, 5.41) is 6.22. The van der Waals surface area contributed by atoms with Gasteiger partial charge in [0, 0.05) is 10.6 Å². The molecule has 2 atom stereocenters. The Labute approximate surface area is 355 Å². The molecular weight excluding hydrogens is 775 g/mol. The van der Waals surface area contributed by atoms with Crippen molar-refractivity contribution >= 4 is 59.6 Å². The third-order valence-electron chi connectivity index (χ3n) is 10.5. The number of ether oxygens (including phenoxy) is 2. The molecule has 0 unspecified atom stereocenters. The first-order valence-corrected chi connectivity index (χ1v) is 22.8. The average Bonchev–Trinajstić information content (AvgIpc) is 3.31. The van der Waals surface area contributed by atoms with E-state index in [0.717, 1.165) is 54.1 Å². The molecular formula is C54H44O4P2. The van der Waals surface area contributed by atoms with Gasteiger partial charge in [-0.3, -0.25) is 9.59 Å². The van der Waals surface area contributed by atoms with Crippen LogP contribution in [0.3, 0.4) is 0 Å². The maximum atomic E-state index is 14.2. The topological polar surface area (TPSA) is 52.6 Å². The summed E-state index contributed by atoms with van der Waals surface area (Å²) < 4.78 is 13.2. The summed E-state index contributed by atoms with van der Waals surface area (Å²) >= 11 is 0. The van der Waals surface area contributed by atoms with Crippen molar-refractivity contribution in [1.82, 2.24) is 0 Å². The Kier molecular flexibility index (Phi) is 12.8. The molecule has 0 fully saturated rings. The van der Waals surface area contributed by atoms with Crippen LogP contribution in [0.2, 0.25) is 0 Å². The molecule has 0 heterocycles. The number of carbonyl (C=O) groups excluding carboxylic acids is 2. The Hall–Kier alpha value is -6.44. The van der Waals surface area contributed by atoms with E-state index in [2.05, 4.69) is 109 Å². The molecule has 6 heteroatoms. The van der Waals surface area contributed by atoms with E-state index < -0.39 is 27.7 Å². The fraction of sp³-hybridized carbons (Fsp3) is 0.0741. The summed E-state index contributed by atoms with van der Waals surface area (Å²) in [7, 11) is -2.60. The Morgan fingerprint density at radius 1 is 0.350 bits per heavy atom. The number of benzene rings is 8. The molecule has 0 aliphatic rings. The van der Waals surface area contributed by atoms with Crippen LogP contribution in [0.25, 0.3) is 11.1 Å². The first kappa shape index (κ1) is 40.3. The number of esters is 2. The van der Waals surface area contributed by atoms with Crippen molar-refractivity contribution in [3.63, 3.8) is 0 Å². The van der Waals surface area contributed by atoms with Crippen LogP contribution in [-0.2, 0) is 9.59 Å². The summed E-state index contributed by atoms with van der Waals surface area (Å²) in [6, 6.07) is 73.2. The predicted molar refractivity (Wildman–Crippen MR) is 250 cm³/mol. The normalized spacial score (nSPS) is 12.1. The van der Waals surface area contributed by atoms with E-state index in [1.807, 2.05) is 123 Å². The molecule has 60 heavy (non-hydrogen) atoms. The SMILES string of the molecule is C[C@H](C(=O)Oc1cccc(-c2cccc(OC(=O)[C@@H](C)c3ccccc3)c2P(c2ccccc2)c2ccccc2)c1P(c1ccccc1)c1ccccc1)c1ccccc1. The van der Waals surface area contributed by atoms with Crippen LogP contribution in [0.4, 0.5) is 0 Å². The molecule has 0 aliphatic heterocycles. The van der Waals surface area contributed by atoms with E-state index in [-0.39, 0.29) is 11.9 Å². The van der Waals surface area contributed by atoms with Crippen molar-refractivity contribution in [2.24, 2.45) is 0 Å². The van der Waals surface area contributed by atoms with Crippen molar-refractivity contribution in [3.8, 4) is 22.6 Å². The number of hydrogen-bond donors (Lipinski definition) is 0. The number of rotatable bonds is 13. The van der Waals surface area contributed by atoms with Crippen LogP contribution in [0.15, 0.2) is 218 Å². The second-order valence-corrected chi connectivity index (χ2v) is 18.7. The van der Waals surface area contributed by atoms with Crippen molar-refractivity contribution in [3.05, 3.63) is 230 Å². The molecule has 0 N–H and O–H groups in total. The van der Waals surface area contributed by atoms with E-state index >= 15 is 0 Å². The molecule has 0 aliphatic carbocycles. The van der Waals surface area contributed by atoms with Crippen molar-refractivity contribution in [2.75, 3.05) is 0 Å². The van der Waals surface area contributed by atoms with Crippen LogP contribution in [0, 0.1) is 0 Å². The van der Waals surface area contributed by atoms with Crippen molar-refractivity contribution in [2.45, 2.75) is 25.7 Å². The van der Waals surface area contributed by atoms with E-state index in [0.29, 0.717) is 11.5 Å². The van der Waals surface area contributed by atoms with Gasteiger partial charge in [-0.15, -0.1) is 0 Å². The summed E-state index contributed by atoms with van der Waals surface area (Å²) in [5.74, 6) is -0.705. The zero-order valence-corrected chi connectivity index (χ0v) is 35.3. The van der Waals surface area contributed by atoms with Gasteiger partial charge in [0.2, 0.25) is 0 Å². The summed E-state index contributed by atoms with van der Waals surface area (Å²) in [5.41, 5.74) is 3.56. The molecule has 0 bridgehead atoms. The van der Waals surface area contributed by atoms with E-state index in [1.165, 1.54) is 0 Å². The summed E-state index contributed by atoms with van der Waals surface area (Å²) in [4.78, 5) is 28.5. The molecule has 0 saturated carbocycles. The van der Waals surface area contributed by atoms with Gasteiger partial charge in [-0.25, -0.2) is 0 Å².